The molecule has 0 amide bonds. The van der Waals surface area contributed by atoms with Crippen molar-refractivity contribution in [1.82, 2.24) is 9.97 Å². The van der Waals surface area contributed by atoms with Crippen molar-refractivity contribution in [3.63, 3.8) is 0 Å². The molecular formula is C11H13N3. The lowest BCUT2D eigenvalue weighted by molar-refractivity contribution is 1.17. The van der Waals surface area contributed by atoms with Gasteiger partial charge in [0.25, 0.3) is 0 Å². The van der Waals surface area contributed by atoms with Gasteiger partial charge < -0.3 is 10.7 Å². The van der Waals surface area contributed by atoms with E-state index in [1.165, 1.54) is 0 Å². The smallest absolute Gasteiger partial charge is 0.104 e. The number of fused-ring (bicyclic) bond motifs is 1. The first-order chi connectivity index (χ1) is 6.79. The van der Waals surface area contributed by atoms with Crippen LogP contribution in [0.3, 0.4) is 0 Å². The van der Waals surface area contributed by atoms with Crippen LogP contribution in [0.25, 0.3) is 17.1 Å². The van der Waals surface area contributed by atoms with Gasteiger partial charge in [-0.15, -0.1) is 0 Å². The minimum Gasteiger partial charge on any atom is -0.342 e. The summed E-state index contributed by atoms with van der Waals surface area (Å²) in [7, 11) is 0. The third-order valence-electron chi connectivity index (χ3n) is 2.07. The Labute approximate surface area is 82.7 Å². The number of rotatable bonds is 2. The molecule has 0 fully saturated rings. The van der Waals surface area contributed by atoms with Gasteiger partial charge in [0.15, 0.2) is 0 Å². The molecule has 3 heteroatoms. The molecule has 0 aliphatic rings. The van der Waals surface area contributed by atoms with E-state index in [0.717, 1.165) is 22.4 Å². The average molecular weight is 187 g/mol. The van der Waals surface area contributed by atoms with Crippen LogP contribution in [0.5, 0.6) is 0 Å². The molecule has 0 aliphatic carbocycles. The van der Waals surface area contributed by atoms with Gasteiger partial charge in [-0.05, 0) is 24.6 Å². The van der Waals surface area contributed by atoms with Crippen LogP contribution in [0.4, 0.5) is 0 Å². The molecule has 0 atom stereocenters. The Bertz CT molecular complexity index is 468. The van der Waals surface area contributed by atoms with Crippen molar-refractivity contribution in [3.05, 3.63) is 35.7 Å². The molecule has 72 valence electrons. The fraction of sp³-hybridized carbons (Fsp3) is 0.182. The monoisotopic (exact) mass is 187 g/mol. The lowest BCUT2D eigenvalue weighted by Crippen LogP contribution is -1.91. The standard InChI is InChI=1S/C11H13N3/c1-8-13-10-5-4-9(3-2-6-12)7-11(10)14-8/h2-5,7H,6,12H2,1H3,(H,13,14). The fourth-order valence-electron chi connectivity index (χ4n) is 1.46. The van der Waals surface area contributed by atoms with Crippen LogP contribution in [0.2, 0.25) is 0 Å². The quantitative estimate of drug-likeness (QED) is 0.753. The molecule has 0 unspecified atom stereocenters. The van der Waals surface area contributed by atoms with Gasteiger partial charge in [-0.25, -0.2) is 4.98 Å². The lowest BCUT2D eigenvalue weighted by atomic mass is 10.2. The number of hydrogen-bond donors (Lipinski definition) is 2. The van der Waals surface area contributed by atoms with Gasteiger partial charge >= 0.3 is 0 Å². The Hall–Kier alpha value is -1.61. The molecule has 0 radical (unpaired) electrons. The molecule has 14 heavy (non-hydrogen) atoms. The number of imidazole rings is 1. The molecule has 0 saturated carbocycles. The number of nitrogens with one attached hydrogen (secondary N) is 1. The molecule has 0 spiro atoms. The van der Waals surface area contributed by atoms with Gasteiger partial charge in [-0.3, -0.25) is 0 Å². The first-order valence-corrected chi connectivity index (χ1v) is 4.62. The summed E-state index contributed by atoms with van der Waals surface area (Å²) in [6.07, 6.45) is 3.94. The van der Waals surface area contributed by atoms with Gasteiger partial charge in [-0.2, -0.15) is 0 Å². The maximum absolute atomic E-state index is 5.39. The predicted molar refractivity (Wildman–Crippen MR) is 58.9 cm³/mol. The van der Waals surface area contributed by atoms with E-state index >= 15 is 0 Å². The molecular weight excluding hydrogens is 174 g/mol. The van der Waals surface area contributed by atoms with Crippen LogP contribution in [0.15, 0.2) is 24.3 Å². The highest BCUT2D eigenvalue weighted by Gasteiger charge is 1.98. The molecule has 1 aromatic carbocycles. The predicted octanol–water partition coefficient (Wildman–Crippen LogP) is 1.84. The minimum absolute atomic E-state index is 0.569. The molecule has 3 N–H and O–H groups in total. The highest BCUT2D eigenvalue weighted by Crippen LogP contribution is 2.14. The second kappa shape index (κ2) is 3.64. The second-order valence-corrected chi connectivity index (χ2v) is 3.24. The highest BCUT2D eigenvalue weighted by molar-refractivity contribution is 5.78. The van der Waals surface area contributed by atoms with E-state index < -0.39 is 0 Å². The van der Waals surface area contributed by atoms with Gasteiger partial charge in [-0.1, -0.05) is 18.2 Å². The first-order valence-electron chi connectivity index (χ1n) is 4.62. The summed E-state index contributed by atoms with van der Waals surface area (Å²) in [6, 6.07) is 6.12. The van der Waals surface area contributed by atoms with Crippen molar-refractivity contribution in [1.29, 1.82) is 0 Å². The zero-order valence-electron chi connectivity index (χ0n) is 8.12. The van der Waals surface area contributed by atoms with E-state index in [1.54, 1.807) is 0 Å². The van der Waals surface area contributed by atoms with Gasteiger partial charge in [0.05, 0.1) is 11.0 Å². The Morgan fingerprint density at radius 3 is 3.14 bits per heavy atom. The molecule has 3 nitrogen and oxygen atoms in total. The number of H-pyrrole nitrogens is 1. The summed E-state index contributed by atoms with van der Waals surface area (Å²) in [5.74, 6) is 0.944. The Morgan fingerprint density at radius 2 is 2.36 bits per heavy atom. The third kappa shape index (κ3) is 1.67. The number of aromatic amines is 1. The number of benzene rings is 1. The Kier molecular flexibility index (Phi) is 2.33. The summed E-state index contributed by atoms with van der Waals surface area (Å²) in [6.45, 7) is 2.52. The first kappa shape index (κ1) is 8.97. The van der Waals surface area contributed by atoms with E-state index in [4.69, 9.17) is 5.73 Å². The van der Waals surface area contributed by atoms with E-state index in [2.05, 4.69) is 16.0 Å². The third-order valence-corrected chi connectivity index (χ3v) is 2.07. The summed E-state index contributed by atoms with van der Waals surface area (Å²) < 4.78 is 0. The van der Waals surface area contributed by atoms with Gasteiger partial charge in [0.1, 0.15) is 5.82 Å². The van der Waals surface area contributed by atoms with Crippen molar-refractivity contribution >= 4 is 17.1 Å². The zero-order valence-corrected chi connectivity index (χ0v) is 8.12. The van der Waals surface area contributed by atoms with Crippen LogP contribution in [0.1, 0.15) is 11.4 Å². The van der Waals surface area contributed by atoms with Crippen molar-refractivity contribution in [2.24, 2.45) is 5.73 Å². The molecule has 2 aromatic rings. The Morgan fingerprint density at radius 1 is 1.50 bits per heavy atom. The van der Waals surface area contributed by atoms with Gasteiger partial charge in [0, 0.05) is 6.54 Å². The SMILES string of the molecule is Cc1nc2ccc(C=CCN)cc2[nH]1. The van der Waals surface area contributed by atoms with Crippen LogP contribution in [-0.4, -0.2) is 16.5 Å². The van der Waals surface area contributed by atoms with Crippen LogP contribution >= 0.6 is 0 Å². The van der Waals surface area contributed by atoms with Crippen LogP contribution in [0, 0.1) is 6.92 Å². The number of nitrogens with two attached hydrogens (primary N) is 1. The fourth-order valence-corrected chi connectivity index (χ4v) is 1.46. The molecule has 0 aliphatic heterocycles. The maximum Gasteiger partial charge on any atom is 0.104 e. The normalized spacial score (nSPS) is 11.6. The van der Waals surface area contributed by atoms with E-state index in [-0.39, 0.29) is 0 Å². The highest BCUT2D eigenvalue weighted by atomic mass is 14.9. The summed E-state index contributed by atoms with van der Waals surface area (Å²) in [4.78, 5) is 7.53. The number of aromatic nitrogens is 2. The molecule has 0 saturated heterocycles. The summed E-state index contributed by atoms with van der Waals surface area (Å²) >= 11 is 0. The number of aryl methyl sites for hydroxylation is 1. The van der Waals surface area contributed by atoms with E-state index in [1.807, 2.05) is 31.2 Å². The number of nitrogens with zero attached hydrogens (tertiary/aromatic N) is 1. The van der Waals surface area contributed by atoms with Crippen molar-refractivity contribution in [2.75, 3.05) is 6.54 Å². The average Bonchev–Trinajstić information content (AvgIpc) is 2.54. The molecule has 1 aromatic heterocycles. The van der Waals surface area contributed by atoms with Crippen molar-refractivity contribution in [2.45, 2.75) is 6.92 Å². The van der Waals surface area contributed by atoms with Crippen LogP contribution in [-0.2, 0) is 0 Å². The number of hydrogen-bond acceptors (Lipinski definition) is 2. The van der Waals surface area contributed by atoms with Crippen molar-refractivity contribution < 1.29 is 0 Å². The summed E-state index contributed by atoms with van der Waals surface area (Å²) in [5, 5.41) is 0. The maximum atomic E-state index is 5.39. The molecule has 0 bridgehead atoms. The lowest BCUT2D eigenvalue weighted by Gasteiger charge is -1.92. The van der Waals surface area contributed by atoms with E-state index in [9.17, 15) is 0 Å². The molecule has 1 heterocycles. The van der Waals surface area contributed by atoms with E-state index in [0.29, 0.717) is 6.54 Å². The topological polar surface area (TPSA) is 54.7 Å². The van der Waals surface area contributed by atoms with Crippen LogP contribution < -0.4 is 5.73 Å². The van der Waals surface area contributed by atoms with Gasteiger partial charge in [0.2, 0.25) is 0 Å². The largest absolute Gasteiger partial charge is 0.342 e. The minimum atomic E-state index is 0.569. The zero-order chi connectivity index (χ0) is 9.97. The Balaban J connectivity index is 2.45. The second-order valence-electron chi connectivity index (χ2n) is 3.24. The molecule has 2 rings (SSSR count). The summed E-state index contributed by atoms with van der Waals surface area (Å²) in [5.41, 5.74) is 8.61. The van der Waals surface area contributed by atoms with Crippen molar-refractivity contribution in [3.8, 4) is 0 Å².